The van der Waals surface area contributed by atoms with Gasteiger partial charge in [0.15, 0.2) is 0 Å². The predicted molar refractivity (Wildman–Crippen MR) is 102 cm³/mol. The highest BCUT2D eigenvalue weighted by Gasteiger charge is 2.09. The Balaban J connectivity index is 1.67. The van der Waals surface area contributed by atoms with Crippen LogP contribution < -0.4 is 11.2 Å². The van der Waals surface area contributed by atoms with Crippen molar-refractivity contribution in [2.24, 2.45) is 0 Å². The second-order valence-electron chi connectivity index (χ2n) is 6.22. The number of benzene rings is 2. The molecule has 2 aromatic carbocycles. The number of aryl methyl sites for hydroxylation is 1. The Morgan fingerprint density at radius 3 is 1.85 bits per heavy atom. The molecule has 1 aromatic heterocycles. The molecule has 0 radical (unpaired) electrons. The summed E-state index contributed by atoms with van der Waals surface area (Å²) in [5.74, 6) is 0. The summed E-state index contributed by atoms with van der Waals surface area (Å²) in [7, 11) is 0. The summed E-state index contributed by atoms with van der Waals surface area (Å²) in [6.45, 7) is 2.34. The SMILES string of the molecule is Cc1cn(COCc2ccccc2)c(=O)n(COCc2ccccc2)c1=O. The Bertz CT molecular complexity index is 979. The Hall–Kier alpha value is -2.96. The zero-order chi connectivity index (χ0) is 19.1. The Kier molecular flexibility index (Phi) is 6.35. The minimum atomic E-state index is -0.452. The van der Waals surface area contributed by atoms with E-state index in [4.69, 9.17) is 9.47 Å². The Morgan fingerprint density at radius 2 is 1.30 bits per heavy atom. The van der Waals surface area contributed by atoms with Crippen LogP contribution in [0.4, 0.5) is 0 Å². The third-order valence-corrected chi connectivity index (χ3v) is 4.08. The van der Waals surface area contributed by atoms with Crippen molar-refractivity contribution in [2.45, 2.75) is 33.6 Å². The fourth-order valence-corrected chi connectivity index (χ4v) is 2.67. The third-order valence-electron chi connectivity index (χ3n) is 4.08. The lowest BCUT2D eigenvalue weighted by molar-refractivity contribution is 0.0439. The van der Waals surface area contributed by atoms with Crippen LogP contribution in [0.3, 0.4) is 0 Å². The van der Waals surface area contributed by atoms with E-state index in [0.29, 0.717) is 18.8 Å². The summed E-state index contributed by atoms with van der Waals surface area (Å²) in [5, 5.41) is 0. The molecule has 0 saturated heterocycles. The van der Waals surface area contributed by atoms with Crippen LogP contribution in [-0.4, -0.2) is 9.13 Å². The van der Waals surface area contributed by atoms with Crippen molar-refractivity contribution in [1.82, 2.24) is 9.13 Å². The lowest BCUT2D eigenvalue weighted by Gasteiger charge is -2.12. The van der Waals surface area contributed by atoms with Crippen LogP contribution in [0.2, 0.25) is 0 Å². The van der Waals surface area contributed by atoms with Crippen LogP contribution in [-0.2, 0) is 36.1 Å². The first-order valence-corrected chi connectivity index (χ1v) is 8.69. The second-order valence-corrected chi connectivity index (χ2v) is 6.22. The van der Waals surface area contributed by atoms with Gasteiger partial charge in [-0.05, 0) is 18.1 Å². The predicted octanol–water partition coefficient (Wildman–Crippen LogP) is 2.67. The largest absolute Gasteiger partial charge is 0.356 e. The van der Waals surface area contributed by atoms with Crippen LogP contribution in [0.15, 0.2) is 76.4 Å². The molecule has 0 unspecified atom stereocenters. The van der Waals surface area contributed by atoms with Crippen LogP contribution in [0.1, 0.15) is 16.7 Å². The van der Waals surface area contributed by atoms with Gasteiger partial charge in [-0.15, -0.1) is 0 Å². The first-order chi connectivity index (χ1) is 13.1. The molecule has 0 amide bonds. The molecule has 0 bridgehead atoms. The molecule has 140 valence electrons. The van der Waals surface area contributed by atoms with Crippen LogP contribution in [0, 0.1) is 6.92 Å². The molecule has 3 rings (SSSR count). The number of aromatic nitrogens is 2. The summed E-state index contributed by atoms with van der Waals surface area (Å²) in [6, 6.07) is 19.3. The molecule has 0 atom stereocenters. The van der Waals surface area contributed by atoms with E-state index in [0.717, 1.165) is 15.7 Å². The molecular formula is C21H22N2O4. The van der Waals surface area contributed by atoms with Crippen molar-refractivity contribution in [2.75, 3.05) is 0 Å². The van der Waals surface area contributed by atoms with Gasteiger partial charge in [-0.25, -0.2) is 9.36 Å². The van der Waals surface area contributed by atoms with E-state index in [2.05, 4.69) is 0 Å². The lowest BCUT2D eigenvalue weighted by Crippen LogP contribution is -2.41. The van der Waals surface area contributed by atoms with Crippen LogP contribution in [0.5, 0.6) is 0 Å². The zero-order valence-electron chi connectivity index (χ0n) is 15.2. The quantitative estimate of drug-likeness (QED) is 0.615. The van der Waals surface area contributed by atoms with Crippen molar-refractivity contribution in [3.63, 3.8) is 0 Å². The summed E-state index contributed by atoms with van der Waals surface area (Å²) in [4.78, 5) is 24.9. The van der Waals surface area contributed by atoms with E-state index in [1.165, 1.54) is 10.8 Å². The Morgan fingerprint density at radius 1 is 0.778 bits per heavy atom. The monoisotopic (exact) mass is 366 g/mol. The molecule has 0 fully saturated rings. The summed E-state index contributed by atoms with van der Waals surface area (Å²) in [6.07, 6.45) is 1.52. The van der Waals surface area contributed by atoms with Gasteiger partial charge in [0.25, 0.3) is 5.56 Å². The van der Waals surface area contributed by atoms with Gasteiger partial charge in [-0.2, -0.15) is 0 Å². The molecule has 3 aromatic rings. The Labute approximate surface area is 157 Å². The number of rotatable bonds is 8. The molecule has 0 spiro atoms. The van der Waals surface area contributed by atoms with Gasteiger partial charge in [0.2, 0.25) is 0 Å². The number of hydrogen-bond acceptors (Lipinski definition) is 4. The highest BCUT2D eigenvalue weighted by atomic mass is 16.5. The summed E-state index contributed by atoms with van der Waals surface area (Å²) >= 11 is 0. The maximum absolute atomic E-state index is 12.6. The second kappa shape index (κ2) is 9.12. The number of ether oxygens (including phenoxy) is 2. The van der Waals surface area contributed by atoms with Crippen molar-refractivity contribution >= 4 is 0 Å². The standard InChI is InChI=1S/C21H22N2O4/c1-17-12-22(15-26-13-18-8-4-2-5-9-18)21(25)23(20(17)24)16-27-14-19-10-6-3-7-11-19/h2-12H,13-16H2,1H3. The third kappa shape index (κ3) is 5.03. The highest BCUT2D eigenvalue weighted by molar-refractivity contribution is 5.14. The van der Waals surface area contributed by atoms with Crippen molar-refractivity contribution < 1.29 is 9.47 Å². The van der Waals surface area contributed by atoms with E-state index in [-0.39, 0.29) is 19.0 Å². The molecule has 27 heavy (non-hydrogen) atoms. The molecular weight excluding hydrogens is 344 g/mol. The van der Waals surface area contributed by atoms with Gasteiger partial charge in [0, 0.05) is 11.8 Å². The average molecular weight is 366 g/mol. The normalized spacial score (nSPS) is 10.9. The molecule has 0 saturated carbocycles. The van der Waals surface area contributed by atoms with Crippen molar-refractivity contribution in [3.8, 4) is 0 Å². The fourth-order valence-electron chi connectivity index (χ4n) is 2.67. The molecule has 6 heteroatoms. The van der Waals surface area contributed by atoms with E-state index in [1.807, 2.05) is 60.7 Å². The highest BCUT2D eigenvalue weighted by Crippen LogP contribution is 2.02. The average Bonchev–Trinajstić information content (AvgIpc) is 2.70. The zero-order valence-corrected chi connectivity index (χ0v) is 15.2. The fraction of sp³-hybridized carbons (Fsp3) is 0.238. The van der Waals surface area contributed by atoms with Crippen molar-refractivity contribution in [1.29, 1.82) is 0 Å². The first kappa shape index (κ1) is 18.8. The van der Waals surface area contributed by atoms with Gasteiger partial charge < -0.3 is 9.47 Å². The molecule has 0 N–H and O–H groups in total. The number of nitrogens with zero attached hydrogens (tertiary/aromatic N) is 2. The summed E-state index contributed by atoms with van der Waals surface area (Å²) < 4.78 is 13.6. The van der Waals surface area contributed by atoms with E-state index in [9.17, 15) is 9.59 Å². The lowest BCUT2D eigenvalue weighted by atomic mass is 10.2. The van der Waals surface area contributed by atoms with Gasteiger partial charge in [-0.1, -0.05) is 60.7 Å². The van der Waals surface area contributed by atoms with Gasteiger partial charge in [-0.3, -0.25) is 9.36 Å². The van der Waals surface area contributed by atoms with E-state index < -0.39 is 5.69 Å². The molecule has 0 aliphatic rings. The van der Waals surface area contributed by atoms with Gasteiger partial charge in [0.1, 0.15) is 13.5 Å². The van der Waals surface area contributed by atoms with Gasteiger partial charge in [0.05, 0.1) is 13.2 Å². The van der Waals surface area contributed by atoms with Crippen LogP contribution >= 0.6 is 0 Å². The smallest absolute Gasteiger partial charge is 0.334 e. The molecule has 0 aliphatic heterocycles. The summed E-state index contributed by atoms with van der Waals surface area (Å²) in [5.41, 5.74) is 1.65. The van der Waals surface area contributed by atoms with Gasteiger partial charge >= 0.3 is 5.69 Å². The minimum Gasteiger partial charge on any atom is -0.356 e. The van der Waals surface area contributed by atoms with E-state index in [1.54, 1.807) is 6.92 Å². The molecule has 0 aliphatic carbocycles. The van der Waals surface area contributed by atoms with Crippen molar-refractivity contribution in [3.05, 3.63) is 104 Å². The topological polar surface area (TPSA) is 62.5 Å². The maximum atomic E-state index is 12.6. The molecule has 6 nitrogen and oxygen atoms in total. The van der Waals surface area contributed by atoms with Crippen LogP contribution in [0.25, 0.3) is 0 Å². The molecule has 1 heterocycles. The minimum absolute atomic E-state index is 0.0630. The van der Waals surface area contributed by atoms with E-state index >= 15 is 0 Å². The maximum Gasteiger partial charge on any atom is 0.334 e. The first-order valence-electron chi connectivity index (χ1n) is 8.69. The number of hydrogen-bond donors (Lipinski definition) is 0.